The van der Waals surface area contributed by atoms with Crippen LogP contribution in [0.3, 0.4) is 0 Å². The monoisotopic (exact) mass is 266 g/mol. The van der Waals surface area contributed by atoms with Crippen LogP contribution in [0, 0.1) is 0 Å². The van der Waals surface area contributed by atoms with E-state index in [4.69, 9.17) is 15.6 Å². The van der Waals surface area contributed by atoms with Crippen molar-refractivity contribution in [2.45, 2.75) is 18.9 Å². The van der Waals surface area contributed by atoms with Crippen molar-refractivity contribution < 1.29 is 19.4 Å². The quantitative estimate of drug-likeness (QED) is 0.642. The molecule has 0 heterocycles. The van der Waals surface area contributed by atoms with Crippen LogP contribution in [0.1, 0.15) is 24.4 Å². The van der Waals surface area contributed by atoms with E-state index in [0.717, 1.165) is 11.3 Å². The van der Waals surface area contributed by atoms with Crippen LogP contribution in [0.5, 0.6) is 5.75 Å². The molecule has 0 aliphatic heterocycles. The smallest absolute Gasteiger partial charge is 0.303 e. The Labute approximate surface area is 111 Å². The minimum absolute atomic E-state index is 0.0102. The van der Waals surface area contributed by atoms with Gasteiger partial charge in [0, 0.05) is 12.5 Å². The fourth-order valence-electron chi connectivity index (χ4n) is 1.71. The van der Waals surface area contributed by atoms with Crippen LogP contribution in [-0.4, -0.2) is 30.6 Å². The molecular weight excluding hydrogens is 248 g/mol. The molecule has 0 saturated heterocycles. The second kappa shape index (κ2) is 7.38. The van der Waals surface area contributed by atoms with Crippen LogP contribution in [0.25, 0.3) is 0 Å². The van der Waals surface area contributed by atoms with Gasteiger partial charge in [0.1, 0.15) is 5.75 Å². The van der Waals surface area contributed by atoms with Crippen molar-refractivity contribution in [3.63, 3.8) is 0 Å². The van der Waals surface area contributed by atoms with Crippen LogP contribution in [0.2, 0.25) is 0 Å². The van der Waals surface area contributed by atoms with Crippen molar-refractivity contribution >= 4 is 11.9 Å². The molecule has 0 fully saturated rings. The lowest BCUT2D eigenvalue weighted by Crippen LogP contribution is -2.32. The molecule has 1 aromatic carbocycles. The number of ether oxygens (including phenoxy) is 1. The van der Waals surface area contributed by atoms with Gasteiger partial charge in [-0.1, -0.05) is 12.1 Å². The summed E-state index contributed by atoms with van der Waals surface area (Å²) in [5, 5.41) is 11.7. The summed E-state index contributed by atoms with van der Waals surface area (Å²) in [6.45, 7) is 0.0102. The van der Waals surface area contributed by atoms with Gasteiger partial charge in [-0.3, -0.25) is 9.59 Å². The topological polar surface area (TPSA) is 102 Å². The van der Waals surface area contributed by atoms with Crippen molar-refractivity contribution in [3.8, 4) is 5.75 Å². The maximum Gasteiger partial charge on any atom is 0.303 e. The van der Waals surface area contributed by atoms with E-state index in [9.17, 15) is 9.59 Å². The molecule has 0 aromatic heterocycles. The second-order valence-electron chi connectivity index (χ2n) is 4.11. The lowest BCUT2D eigenvalue weighted by atomic mass is 10.0. The molecule has 6 heteroatoms. The highest BCUT2D eigenvalue weighted by Crippen LogP contribution is 2.21. The van der Waals surface area contributed by atoms with Crippen molar-refractivity contribution in [2.75, 3.05) is 13.7 Å². The predicted molar refractivity (Wildman–Crippen MR) is 69.8 cm³/mol. The van der Waals surface area contributed by atoms with E-state index in [0.29, 0.717) is 6.42 Å². The number of hydrogen-bond acceptors (Lipinski definition) is 4. The molecule has 1 unspecified atom stereocenters. The van der Waals surface area contributed by atoms with Gasteiger partial charge in [-0.15, -0.1) is 0 Å². The summed E-state index contributed by atoms with van der Waals surface area (Å²) in [4.78, 5) is 21.4. The normalized spacial score (nSPS) is 11.8. The average Bonchev–Trinajstić information content (AvgIpc) is 2.38. The van der Waals surface area contributed by atoms with Gasteiger partial charge in [0.2, 0.25) is 5.91 Å². The summed E-state index contributed by atoms with van der Waals surface area (Å²) in [6, 6.07) is 7.01. The maximum atomic E-state index is 10.8. The van der Waals surface area contributed by atoms with E-state index in [1.165, 1.54) is 0 Å². The SMILES string of the molecule is COc1ccc(C(CCC(=O)O)NCC(N)=O)cc1. The molecule has 0 radical (unpaired) electrons. The number of carboxylic acids is 1. The van der Waals surface area contributed by atoms with Crippen molar-refractivity contribution in [1.29, 1.82) is 0 Å². The van der Waals surface area contributed by atoms with Crippen molar-refractivity contribution in [1.82, 2.24) is 5.32 Å². The Morgan fingerprint density at radius 3 is 2.47 bits per heavy atom. The van der Waals surface area contributed by atoms with Gasteiger partial charge in [-0.2, -0.15) is 0 Å². The molecule has 6 nitrogen and oxygen atoms in total. The Morgan fingerprint density at radius 1 is 1.37 bits per heavy atom. The zero-order chi connectivity index (χ0) is 14.3. The van der Waals surface area contributed by atoms with Crippen LogP contribution < -0.4 is 15.8 Å². The van der Waals surface area contributed by atoms with Crippen molar-refractivity contribution in [2.24, 2.45) is 5.73 Å². The molecule has 0 bridgehead atoms. The van der Waals surface area contributed by atoms with Gasteiger partial charge in [-0.25, -0.2) is 0 Å². The first-order chi connectivity index (χ1) is 9.02. The molecule has 1 aromatic rings. The Kier molecular flexibility index (Phi) is 5.81. The first kappa shape index (κ1) is 15.0. The van der Waals surface area contributed by atoms with Gasteiger partial charge in [-0.05, 0) is 24.1 Å². The largest absolute Gasteiger partial charge is 0.497 e. The molecule has 0 spiro atoms. The zero-order valence-electron chi connectivity index (χ0n) is 10.8. The molecule has 0 aliphatic rings. The minimum atomic E-state index is -0.876. The van der Waals surface area contributed by atoms with E-state index >= 15 is 0 Å². The van der Waals surface area contributed by atoms with Crippen LogP contribution in [0.4, 0.5) is 0 Å². The summed E-state index contributed by atoms with van der Waals surface area (Å²) in [5.74, 6) is -0.635. The number of primary amides is 1. The molecule has 0 saturated carbocycles. The van der Waals surface area contributed by atoms with Gasteiger partial charge in [0.05, 0.1) is 13.7 Å². The number of carbonyl (C=O) groups is 2. The molecule has 1 amide bonds. The number of nitrogens with one attached hydrogen (secondary N) is 1. The number of nitrogens with two attached hydrogens (primary N) is 1. The van der Waals surface area contributed by atoms with E-state index in [1.807, 2.05) is 12.1 Å². The fraction of sp³-hybridized carbons (Fsp3) is 0.385. The number of amides is 1. The maximum absolute atomic E-state index is 10.8. The number of benzene rings is 1. The van der Waals surface area contributed by atoms with E-state index < -0.39 is 11.9 Å². The molecule has 4 N–H and O–H groups in total. The standard InChI is InChI=1S/C13H18N2O4/c1-19-10-4-2-9(3-5-10)11(6-7-13(17)18)15-8-12(14)16/h2-5,11,15H,6-8H2,1H3,(H2,14,16)(H,17,18). The number of aliphatic carboxylic acids is 1. The highest BCUT2D eigenvalue weighted by atomic mass is 16.5. The molecule has 1 rings (SSSR count). The average molecular weight is 266 g/mol. The lowest BCUT2D eigenvalue weighted by molar-refractivity contribution is -0.137. The van der Waals surface area contributed by atoms with Crippen LogP contribution in [0.15, 0.2) is 24.3 Å². The number of hydrogen-bond donors (Lipinski definition) is 3. The molecule has 1 atom stereocenters. The summed E-state index contributed by atoms with van der Waals surface area (Å²) in [7, 11) is 1.57. The van der Waals surface area contributed by atoms with Gasteiger partial charge in [0.15, 0.2) is 0 Å². The van der Waals surface area contributed by atoms with Gasteiger partial charge >= 0.3 is 5.97 Å². The number of carboxylic acid groups (broad SMARTS) is 1. The van der Waals surface area contributed by atoms with Gasteiger partial charge in [0.25, 0.3) is 0 Å². The Hall–Kier alpha value is -2.08. The third kappa shape index (κ3) is 5.39. The highest BCUT2D eigenvalue weighted by Gasteiger charge is 2.13. The number of methoxy groups -OCH3 is 1. The number of carbonyl (C=O) groups excluding carboxylic acids is 1. The summed E-state index contributed by atoms with van der Waals surface area (Å²) in [5.41, 5.74) is 5.97. The van der Waals surface area contributed by atoms with Gasteiger partial charge < -0.3 is 20.9 Å². The minimum Gasteiger partial charge on any atom is -0.497 e. The molecule has 104 valence electrons. The Bertz CT molecular complexity index is 413. The Morgan fingerprint density at radius 2 is 2.00 bits per heavy atom. The summed E-state index contributed by atoms with van der Waals surface area (Å²) >= 11 is 0. The zero-order valence-corrected chi connectivity index (χ0v) is 10.8. The highest BCUT2D eigenvalue weighted by molar-refractivity contribution is 5.76. The molecule has 0 aliphatic carbocycles. The summed E-state index contributed by atoms with van der Waals surface area (Å²) in [6.07, 6.45) is 0.400. The Balaban J connectivity index is 2.74. The van der Waals surface area contributed by atoms with E-state index in [2.05, 4.69) is 5.32 Å². The van der Waals surface area contributed by atoms with E-state index in [-0.39, 0.29) is 19.0 Å². The van der Waals surface area contributed by atoms with Crippen LogP contribution in [-0.2, 0) is 9.59 Å². The second-order valence-corrected chi connectivity index (χ2v) is 4.11. The lowest BCUT2D eigenvalue weighted by Gasteiger charge is -2.18. The first-order valence-corrected chi connectivity index (χ1v) is 5.90. The van der Waals surface area contributed by atoms with Crippen molar-refractivity contribution in [3.05, 3.63) is 29.8 Å². The molecular formula is C13H18N2O4. The first-order valence-electron chi connectivity index (χ1n) is 5.90. The molecule has 19 heavy (non-hydrogen) atoms. The number of rotatable bonds is 8. The third-order valence-electron chi connectivity index (χ3n) is 2.69. The van der Waals surface area contributed by atoms with Crippen LogP contribution >= 0.6 is 0 Å². The third-order valence-corrected chi connectivity index (χ3v) is 2.69. The van der Waals surface area contributed by atoms with E-state index in [1.54, 1.807) is 19.2 Å². The summed E-state index contributed by atoms with van der Waals surface area (Å²) < 4.78 is 5.06. The predicted octanol–water partition coefficient (Wildman–Crippen LogP) is 0.676. The fourth-order valence-corrected chi connectivity index (χ4v) is 1.71.